The van der Waals surface area contributed by atoms with Gasteiger partial charge in [-0.05, 0) is 44.9 Å². The van der Waals surface area contributed by atoms with Crippen molar-refractivity contribution in [1.29, 1.82) is 0 Å². The highest BCUT2D eigenvalue weighted by Crippen LogP contribution is 2.36. The van der Waals surface area contributed by atoms with Crippen molar-refractivity contribution in [3.63, 3.8) is 0 Å². The molecule has 0 aliphatic carbocycles. The molecule has 0 aliphatic heterocycles. The molecule has 0 unspecified atom stereocenters. The average molecular weight is 711 g/mol. The standard InChI is InChI=1S/C39H67O9P/c1-3-5-6-7-8-9-10-13-17-20-23-26-29-32-38(41)46-34-37(35-47-49(43,44)45)48-39(42)33-30-27-24-21-18-15-12-11-14-16-19-22-25-28-31-36(40)4-2/h12,14-16,21-22,24-25,28,31,36-37,40H,3-11,13,17-20,23,26-27,29-30,32-35H2,1-2H3,(H2,43,44,45)/b15-12-,16-14-,24-21-,25-22-,31-28+/t36-,37-/m1/s1. The van der Waals surface area contributed by atoms with Gasteiger partial charge in [-0.15, -0.1) is 0 Å². The lowest BCUT2D eigenvalue weighted by molar-refractivity contribution is -0.161. The number of unbranched alkanes of at least 4 members (excludes halogenated alkanes) is 13. The van der Waals surface area contributed by atoms with E-state index >= 15 is 0 Å². The number of carbonyl (C=O) groups is 2. The number of phosphoric acid groups is 1. The molecule has 10 heteroatoms. The Morgan fingerprint density at radius 2 is 1.14 bits per heavy atom. The molecule has 0 heterocycles. The van der Waals surface area contributed by atoms with E-state index in [4.69, 9.17) is 19.3 Å². The van der Waals surface area contributed by atoms with E-state index in [9.17, 15) is 19.3 Å². The van der Waals surface area contributed by atoms with Crippen LogP contribution in [0.25, 0.3) is 0 Å². The van der Waals surface area contributed by atoms with Gasteiger partial charge in [-0.3, -0.25) is 14.1 Å². The van der Waals surface area contributed by atoms with E-state index in [1.165, 1.54) is 64.2 Å². The molecule has 0 amide bonds. The lowest BCUT2D eigenvalue weighted by Gasteiger charge is -2.18. The van der Waals surface area contributed by atoms with Gasteiger partial charge < -0.3 is 24.4 Å². The highest BCUT2D eigenvalue weighted by molar-refractivity contribution is 7.46. The van der Waals surface area contributed by atoms with Crippen LogP contribution < -0.4 is 0 Å². The fourth-order valence-corrected chi connectivity index (χ4v) is 5.13. The Morgan fingerprint density at radius 3 is 1.69 bits per heavy atom. The van der Waals surface area contributed by atoms with Gasteiger partial charge in [-0.25, -0.2) is 4.57 Å². The van der Waals surface area contributed by atoms with Gasteiger partial charge in [0.1, 0.15) is 6.61 Å². The second-order valence-corrected chi connectivity index (χ2v) is 13.6. The van der Waals surface area contributed by atoms with Gasteiger partial charge in [0.05, 0.1) is 12.7 Å². The molecule has 0 aliphatic rings. The molecule has 9 nitrogen and oxygen atoms in total. The Morgan fingerprint density at radius 1 is 0.633 bits per heavy atom. The average Bonchev–Trinajstić information content (AvgIpc) is 3.07. The summed E-state index contributed by atoms with van der Waals surface area (Å²) in [5.74, 6) is -0.975. The molecule has 0 aromatic carbocycles. The second kappa shape index (κ2) is 34.2. The first kappa shape index (κ1) is 46.7. The van der Waals surface area contributed by atoms with Crippen LogP contribution in [0.3, 0.4) is 0 Å². The van der Waals surface area contributed by atoms with E-state index in [1.54, 1.807) is 6.08 Å². The Kier molecular flexibility index (Phi) is 32.6. The maximum absolute atomic E-state index is 12.3. The Hall–Kier alpha value is -2.29. The maximum Gasteiger partial charge on any atom is 0.469 e. The Bertz CT molecular complexity index is 996. The van der Waals surface area contributed by atoms with Crippen molar-refractivity contribution in [2.24, 2.45) is 0 Å². The van der Waals surface area contributed by atoms with Crippen molar-refractivity contribution in [3.8, 4) is 0 Å². The zero-order chi connectivity index (χ0) is 36.3. The summed E-state index contributed by atoms with van der Waals surface area (Å²) in [7, 11) is -4.77. The minimum Gasteiger partial charge on any atom is -0.462 e. The number of rotatable bonds is 33. The van der Waals surface area contributed by atoms with Gasteiger partial charge >= 0.3 is 19.8 Å². The summed E-state index contributed by atoms with van der Waals surface area (Å²) in [6.45, 7) is 3.29. The molecule has 0 rings (SSSR count). The highest BCUT2D eigenvalue weighted by Gasteiger charge is 2.22. The first-order valence-corrected chi connectivity index (χ1v) is 20.2. The van der Waals surface area contributed by atoms with E-state index in [2.05, 4.69) is 35.8 Å². The zero-order valence-electron chi connectivity index (χ0n) is 30.4. The number of hydrogen-bond acceptors (Lipinski definition) is 7. The van der Waals surface area contributed by atoms with Gasteiger partial charge in [-0.2, -0.15) is 0 Å². The number of carbonyl (C=O) groups excluding carboxylic acids is 2. The normalized spacial score (nSPS) is 13.8. The summed E-state index contributed by atoms with van der Waals surface area (Å²) in [6, 6.07) is 0. The highest BCUT2D eigenvalue weighted by atomic mass is 31.2. The molecule has 2 atom stereocenters. The van der Waals surface area contributed by atoms with Crippen LogP contribution in [0.1, 0.15) is 149 Å². The minimum absolute atomic E-state index is 0.119. The fraction of sp³-hybridized carbons (Fsp3) is 0.692. The van der Waals surface area contributed by atoms with Crippen molar-refractivity contribution >= 4 is 19.8 Å². The number of aliphatic hydroxyl groups excluding tert-OH is 1. The molecule has 0 saturated heterocycles. The van der Waals surface area contributed by atoms with Gasteiger partial charge in [0.2, 0.25) is 0 Å². The molecule has 0 aromatic rings. The van der Waals surface area contributed by atoms with E-state index < -0.39 is 32.5 Å². The lowest BCUT2D eigenvalue weighted by Crippen LogP contribution is -2.29. The molecule has 3 N–H and O–H groups in total. The molecule has 282 valence electrons. The van der Waals surface area contributed by atoms with Crippen LogP contribution in [0, 0.1) is 0 Å². The summed E-state index contributed by atoms with van der Waals surface area (Å²) in [6.07, 6.45) is 39.0. The Balaban J connectivity index is 4.11. The molecule has 0 fully saturated rings. The van der Waals surface area contributed by atoms with E-state index in [0.717, 1.165) is 32.1 Å². The van der Waals surface area contributed by atoms with Gasteiger partial charge in [0, 0.05) is 12.8 Å². The SMILES string of the molecule is CCCCCCCCCCCCCCCC(=O)OC[C@H](COP(=O)(O)O)OC(=O)CCC/C=C\C/C=C\C/C=C\C/C=C\C=C\[C@H](O)CC. The smallest absolute Gasteiger partial charge is 0.462 e. The van der Waals surface area contributed by atoms with Crippen LogP contribution >= 0.6 is 7.82 Å². The summed E-state index contributed by atoms with van der Waals surface area (Å²) in [4.78, 5) is 42.6. The molecule has 0 spiro atoms. The summed E-state index contributed by atoms with van der Waals surface area (Å²) in [5, 5.41) is 9.44. The van der Waals surface area contributed by atoms with Crippen molar-refractivity contribution in [3.05, 3.63) is 60.8 Å². The molecular formula is C39H67O9P. The first-order chi connectivity index (χ1) is 23.7. The predicted molar refractivity (Wildman–Crippen MR) is 199 cm³/mol. The third-order valence-corrected chi connectivity index (χ3v) is 8.19. The van der Waals surface area contributed by atoms with Crippen molar-refractivity contribution in [1.82, 2.24) is 0 Å². The van der Waals surface area contributed by atoms with Crippen molar-refractivity contribution in [2.45, 2.75) is 161 Å². The van der Waals surface area contributed by atoms with Crippen molar-refractivity contribution in [2.75, 3.05) is 13.2 Å². The minimum atomic E-state index is -4.77. The molecular weight excluding hydrogens is 643 g/mol. The number of phosphoric ester groups is 1. The molecule has 0 bridgehead atoms. The van der Waals surface area contributed by atoms with Gasteiger partial charge in [0.25, 0.3) is 0 Å². The van der Waals surface area contributed by atoms with E-state index in [-0.39, 0.29) is 25.6 Å². The third kappa shape index (κ3) is 36.8. The largest absolute Gasteiger partial charge is 0.469 e. The predicted octanol–water partition coefficient (Wildman–Crippen LogP) is 9.92. The summed E-state index contributed by atoms with van der Waals surface area (Å²) < 4.78 is 26.2. The summed E-state index contributed by atoms with van der Waals surface area (Å²) in [5.41, 5.74) is 0. The van der Waals surface area contributed by atoms with E-state index in [1.807, 2.05) is 37.3 Å². The second-order valence-electron chi connectivity index (χ2n) is 12.4. The van der Waals surface area contributed by atoms with Crippen LogP contribution in [0.15, 0.2) is 60.8 Å². The molecule has 0 aromatic heterocycles. The van der Waals surface area contributed by atoms with Gasteiger partial charge in [-0.1, -0.05) is 152 Å². The third-order valence-electron chi connectivity index (χ3n) is 7.71. The molecule has 49 heavy (non-hydrogen) atoms. The maximum atomic E-state index is 12.3. The van der Waals surface area contributed by atoms with Crippen molar-refractivity contribution < 1.29 is 43.0 Å². The number of aliphatic hydroxyl groups is 1. The van der Waals surface area contributed by atoms with Crippen LogP contribution in [-0.4, -0.2) is 52.3 Å². The number of esters is 2. The van der Waals surface area contributed by atoms with Crippen LogP contribution in [0.5, 0.6) is 0 Å². The summed E-state index contributed by atoms with van der Waals surface area (Å²) >= 11 is 0. The van der Waals surface area contributed by atoms with E-state index in [0.29, 0.717) is 25.7 Å². The van der Waals surface area contributed by atoms with Gasteiger partial charge in [0.15, 0.2) is 6.10 Å². The topological polar surface area (TPSA) is 140 Å². The number of allylic oxidation sites excluding steroid dienone is 9. The molecule has 0 saturated carbocycles. The lowest BCUT2D eigenvalue weighted by atomic mass is 10.0. The monoisotopic (exact) mass is 710 g/mol. The van der Waals surface area contributed by atoms with Crippen LogP contribution in [0.2, 0.25) is 0 Å². The first-order valence-electron chi connectivity index (χ1n) is 18.7. The van der Waals surface area contributed by atoms with Crippen LogP contribution in [0.4, 0.5) is 0 Å². The quantitative estimate of drug-likeness (QED) is 0.0200. The number of ether oxygens (including phenoxy) is 2. The Labute approximate surface area is 297 Å². The molecule has 0 radical (unpaired) electrons. The fourth-order valence-electron chi connectivity index (χ4n) is 4.77. The van der Waals surface area contributed by atoms with Crippen LogP contribution in [-0.2, 0) is 28.2 Å². The zero-order valence-corrected chi connectivity index (χ0v) is 31.3. The number of hydrogen-bond donors (Lipinski definition) is 3.